The Labute approximate surface area is 141 Å². The molecule has 1 heterocycles. The molecule has 1 aliphatic heterocycles. The van der Waals surface area contributed by atoms with E-state index >= 15 is 0 Å². The fraction of sp³-hybridized carbons (Fsp3) is 0.800. The Morgan fingerprint density at radius 1 is 1.30 bits per heavy atom. The molecule has 2 atom stereocenters. The van der Waals surface area contributed by atoms with Crippen molar-refractivity contribution in [2.24, 2.45) is 16.8 Å². The maximum absolute atomic E-state index is 4.60. The van der Waals surface area contributed by atoms with Crippen LogP contribution in [0.1, 0.15) is 27.2 Å². The molecule has 0 aromatic carbocycles. The molecule has 0 aliphatic carbocycles. The number of halogens is 1. The largest absolute Gasteiger partial charge is 0.357 e. The monoisotopic (exact) mass is 394 g/mol. The number of hydrogen-bond acceptors (Lipinski definition) is 2. The average molecular weight is 394 g/mol. The molecule has 4 nitrogen and oxygen atoms in total. The zero-order chi connectivity index (χ0) is 14.1. The zero-order valence-corrected chi connectivity index (χ0v) is 15.5. The van der Waals surface area contributed by atoms with Crippen LogP contribution in [0.4, 0.5) is 0 Å². The second-order valence-corrected chi connectivity index (χ2v) is 5.64. The second kappa shape index (κ2) is 11.4. The van der Waals surface area contributed by atoms with Gasteiger partial charge >= 0.3 is 0 Å². The highest BCUT2D eigenvalue weighted by atomic mass is 127. The van der Waals surface area contributed by atoms with Crippen LogP contribution in [0.5, 0.6) is 0 Å². The number of nitrogens with one attached hydrogen (secondary N) is 2. The molecule has 2 unspecified atom stereocenters. The van der Waals surface area contributed by atoms with Crippen molar-refractivity contribution in [1.82, 2.24) is 15.5 Å². The van der Waals surface area contributed by atoms with E-state index < -0.39 is 0 Å². The summed E-state index contributed by atoms with van der Waals surface area (Å²) in [5.74, 6) is 2.53. The van der Waals surface area contributed by atoms with Crippen LogP contribution in [0.15, 0.2) is 17.6 Å². The molecular formula is C15H31IN4. The molecule has 5 heteroatoms. The van der Waals surface area contributed by atoms with E-state index in [-0.39, 0.29) is 24.0 Å². The third kappa shape index (κ3) is 8.09. The van der Waals surface area contributed by atoms with Gasteiger partial charge in [-0.05, 0) is 25.2 Å². The van der Waals surface area contributed by atoms with E-state index in [0.717, 1.165) is 44.0 Å². The summed E-state index contributed by atoms with van der Waals surface area (Å²) in [6, 6.07) is 0. The maximum atomic E-state index is 4.60. The van der Waals surface area contributed by atoms with Gasteiger partial charge in [0.1, 0.15) is 0 Å². The van der Waals surface area contributed by atoms with Crippen LogP contribution in [0, 0.1) is 11.8 Å². The molecule has 1 rings (SSSR count). The molecule has 0 radical (unpaired) electrons. The van der Waals surface area contributed by atoms with E-state index in [1.807, 2.05) is 6.08 Å². The summed E-state index contributed by atoms with van der Waals surface area (Å²) in [5, 5.41) is 6.47. The van der Waals surface area contributed by atoms with E-state index in [0.29, 0.717) is 0 Å². The molecule has 1 aliphatic rings. The number of guanidine groups is 1. The highest BCUT2D eigenvalue weighted by Gasteiger charge is 2.20. The predicted molar refractivity (Wildman–Crippen MR) is 99.0 cm³/mol. The van der Waals surface area contributed by atoms with Gasteiger partial charge in [0.05, 0.1) is 6.54 Å². The SMILES string of the molecule is C=CCNC(=NCCN1CC(C)CC(C)C1)NCC.I. The Morgan fingerprint density at radius 3 is 2.50 bits per heavy atom. The molecule has 0 saturated carbocycles. The summed E-state index contributed by atoms with van der Waals surface area (Å²) in [5.41, 5.74) is 0. The average Bonchev–Trinajstić information content (AvgIpc) is 2.34. The van der Waals surface area contributed by atoms with E-state index in [2.05, 4.69) is 47.9 Å². The number of hydrogen-bond donors (Lipinski definition) is 2. The Hall–Kier alpha value is -0.300. The first-order valence-corrected chi connectivity index (χ1v) is 7.51. The van der Waals surface area contributed by atoms with Crippen molar-refractivity contribution < 1.29 is 0 Å². The van der Waals surface area contributed by atoms with E-state index in [1.54, 1.807) is 0 Å². The minimum absolute atomic E-state index is 0. The Balaban J connectivity index is 0.00000361. The Morgan fingerprint density at radius 2 is 1.95 bits per heavy atom. The molecule has 0 bridgehead atoms. The molecule has 118 valence electrons. The van der Waals surface area contributed by atoms with E-state index in [1.165, 1.54) is 19.5 Å². The predicted octanol–water partition coefficient (Wildman–Crippen LogP) is 2.32. The standard InChI is InChI=1S/C15H30N4.HI/c1-5-7-17-15(16-6-2)18-8-9-19-11-13(3)10-14(4)12-19;/h5,13-14H,1,6-12H2,2-4H3,(H2,16,17,18);1H. The lowest BCUT2D eigenvalue weighted by molar-refractivity contribution is 0.145. The van der Waals surface area contributed by atoms with Crippen LogP contribution in [0.3, 0.4) is 0 Å². The van der Waals surface area contributed by atoms with Gasteiger partial charge in [-0.15, -0.1) is 30.6 Å². The zero-order valence-electron chi connectivity index (χ0n) is 13.2. The lowest BCUT2D eigenvalue weighted by Gasteiger charge is -2.34. The lowest BCUT2D eigenvalue weighted by atomic mass is 9.92. The van der Waals surface area contributed by atoms with Crippen molar-refractivity contribution in [3.05, 3.63) is 12.7 Å². The Bertz CT molecular complexity index is 284. The molecule has 0 amide bonds. The maximum Gasteiger partial charge on any atom is 0.191 e. The molecule has 1 saturated heterocycles. The van der Waals surface area contributed by atoms with Crippen LogP contribution in [-0.4, -0.2) is 50.1 Å². The summed E-state index contributed by atoms with van der Waals surface area (Å²) in [4.78, 5) is 7.14. The fourth-order valence-corrected chi connectivity index (χ4v) is 2.79. The summed E-state index contributed by atoms with van der Waals surface area (Å²) >= 11 is 0. The number of aliphatic imine (C=N–C) groups is 1. The van der Waals surface area contributed by atoms with Gasteiger partial charge in [-0.25, -0.2) is 0 Å². The first-order chi connectivity index (χ1) is 9.15. The highest BCUT2D eigenvalue weighted by molar-refractivity contribution is 14.0. The number of piperidine rings is 1. The first kappa shape index (κ1) is 19.7. The molecule has 20 heavy (non-hydrogen) atoms. The molecule has 0 aromatic rings. The fourth-order valence-electron chi connectivity index (χ4n) is 2.79. The number of rotatable bonds is 6. The van der Waals surface area contributed by atoms with Gasteiger partial charge in [0, 0.05) is 32.7 Å². The van der Waals surface area contributed by atoms with Crippen LogP contribution < -0.4 is 10.6 Å². The van der Waals surface area contributed by atoms with Crippen molar-refractivity contribution >= 4 is 29.9 Å². The molecule has 2 N–H and O–H groups in total. The molecule has 0 spiro atoms. The number of nitrogens with zero attached hydrogens (tertiary/aromatic N) is 2. The van der Waals surface area contributed by atoms with Crippen molar-refractivity contribution in [1.29, 1.82) is 0 Å². The van der Waals surface area contributed by atoms with Crippen molar-refractivity contribution in [3.8, 4) is 0 Å². The summed E-state index contributed by atoms with van der Waals surface area (Å²) in [6.45, 7) is 16.5. The molecular weight excluding hydrogens is 363 g/mol. The van der Waals surface area contributed by atoms with Gasteiger partial charge in [0.15, 0.2) is 5.96 Å². The van der Waals surface area contributed by atoms with Crippen LogP contribution in [-0.2, 0) is 0 Å². The van der Waals surface area contributed by atoms with Gasteiger partial charge in [-0.1, -0.05) is 19.9 Å². The first-order valence-electron chi connectivity index (χ1n) is 7.51. The van der Waals surface area contributed by atoms with Gasteiger partial charge < -0.3 is 15.5 Å². The normalized spacial score (nSPS) is 23.9. The number of likely N-dealkylation sites (tertiary alicyclic amines) is 1. The van der Waals surface area contributed by atoms with Crippen LogP contribution in [0.25, 0.3) is 0 Å². The van der Waals surface area contributed by atoms with Crippen molar-refractivity contribution in [2.75, 3.05) is 39.3 Å². The van der Waals surface area contributed by atoms with Gasteiger partial charge in [-0.2, -0.15) is 0 Å². The van der Waals surface area contributed by atoms with Crippen molar-refractivity contribution in [2.45, 2.75) is 27.2 Å². The summed E-state index contributed by atoms with van der Waals surface area (Å²) in [6.07, 6.45) is 3.21. The summed E-state index contributed by atoms with van der Waals surface area (Å²) < 4.78 is 0. The smallest absolute Gasteiger partial charge is 0.191 e. The third-order valence-corrected chi connectivity index (χ3v) is 3.39. The quantitative estimate of drug-likeness (QED) is 0.314. The van der Waals surface area contributed by atoms with Gasteiger partial charge in [0.2, 0.25) is 0 Å². The topological polar surface area (TPSA) is 39.7 Å². The summed E-state index contributed by atoms with van der Waals surface area (Å²) in [7, 11) is 0. The highest BCUT2D eigenvalue weighted by Crippen LogP contribution is 2.20. The minimum Gasteiger partial charge on any atom is -0.357 e. The van der Waals surface area contributed by atoms with Crippen LogP contribution in [0.2, 0.25) is 0 Å². The lowest BCUT2D eigenvalue weighted by Crippen LogP contribution is -2.41. The third-order valence-electron chi connectivity index (χ3n) is 3.39. The van der Waals surface area contributed by atoms with E-state index in [4.69, 9.17) is 0 Å². The minimum atomic E-state index is 0. The van der Waals surface area contributed by atoms with Gasteiger partial charge in [-0.3, -0.25) is 4.99 Å². The van der Waals surface area contributed by atoms with Crippen molar-refractivity contribution in [3.63, 3.8) is 0 Å². The Kier molecular flexibility index (Phi) is 11.2. The van der Waals surface area contributed by atoms with Gasteiger partial charge in [0.25, 0.3) is 0 Å². The molecule has 1 fully saturated rings. The van der Waals surface area contributed by atoms with E-state index in [9.17, 15) is 0 Å². The molecule has 0 aromatic heterocycles. The second-order valence-electron chi connectivity index (χ2n) is 5.64. The van der Waals surface area contributed by atoms with Crippen LogP contribution >= 0.6 is 24.0 Å².